The Morgan fingerprint density at radius 3 is 2.92 bits per heavy atom. The second-order valence-electron chi connectivity index (χ2n) is 5.85. The van der Waals surface area contributed by atoms with Gasteiger partial charge in [0.15, 0.2) is 16.8 Å². The Hall–Kier alpha value is -2.22. The SMILES string of the molecule is CCc1nc(CCn2ccnc2-c2cnc(N3CCCC3)s2)no1. The first kappa shape index (κ1) is 15.3. The van der Waals surface area contributed by atoms with E-state index < -0.39 is 0 Å². The first-order valence-corrected chi connectivity index (χ1v) is 9.19. The smallest absolute Gasteiger partial charge is 0.226 e. The number of aryl methyl sites for hydroxylation is 3. The Morgan fingerprint density at radius 2 is 2.12 bits per heavy atom. The van der Waals surface area contributed by atoms with Gasteiger partial charge in [0.1, 0.15) is 0 Å². The van der Waals surface area contributed by atoms with Crippen LogP contribution in [0.3, 0.4) is 0 Å². The van der Waals surface area contributed by atoms with E-state index in [4.69, 9.17) is 4.52 Å². The van der Waals surface area contributed by atoms with Crippen LogP contribution in [0, 0.1) is 0 Å². The summed E-state index contributed by atoms with van der Waals surface area (Å²) < 4.78 is 7.29. The average Bonchev–Trinajstić information content (AvgIpc) is 3.40. The van der Waals surface area contributed by atoms with Gasteiger partial charge in [-0.1, -0.05) is 23.4 Å². The quantitative estimate of drug-likeness (QED) is 0.685. The van der Waals surface area contributed by atoms with Crippen LogP contribution in [0.5, 0.6) is 0 Å². The van der Waals surface area contributed by atoms with Crippen molar-refractivity contribution >= 4 is 16.5 Å². The van der Waals surface area contributed by atoms with Crippen LogP contribution in [0.15, 0.2) is 23.1 Å². The molecule has 0 atom stereocenters. The van der Waals surface area contributed by atoms with Crippen molar-refractivity contribution in [2.24, 2.45) is 0 Å². The molecule has 0 N–H and O–H groups in total. The second kappa shape index (κ2) is 6.72. The number of imidazole rings is 1. The highest BCUT2D eigenvalue weighted by atomic mass is 32.1. The van der Waals surface area contributed by atoms with Crippen molar-refractivity contribution in [3.8, 4) is 10.7 Å². The van der Waals surface area contributed by atoms with Gasteiger partial charge in [-0.15, -0.1) is 0 Å². The molecule has 4 heterocycles. The number of hydrogen-bond acceptors (Lipinski definition) is 7. The lowest BCUT2D eigenvalue weighted by molar-refractivity contribution is 0.375. The van der Waals surface area contributed by atoms with E-state index in [0.29, 0.717) is 5.89 Å². The van der Waals surface area contributed by atoms with Crippen molar-refractivity contribution in [3.63, 3.8) is 0 Å². The molecule has 1 aliphatic rings. The Morgan fingerprint density at radius 1 is 1.25 bits per heavy atom. The van der Waals surface area contributed by atoms with E-state index in [-0.39, 0.29) is 0 Å². The number of nitrogens with zero attached hydrogens (tertiary/aromatic N) is 6. The molecule has 0 saturated carbocycles. The van der Waals surface area contributed by atoms with Crippen LogP contribution in [0.2, 0.25) is 0 Å². The first-order valence-electron chi connectivity index (χ1n) is 8.37. The van der Waals surface area contributed by atoms with Crippen molar-refractivity contribution in [3.05, 3.63) is 30.3 Å². The highest BCUT2D eigenvalue weighted by Gasteiger charge is 2.18. The summed E-state index contributed by atoms with van der Waals surface area (Å²) in [7, 11) is 0. The average molecular weight is 344 g/mol. The van der Waals surface area contributed by atoms with E-state index >= 15 is 0 Å². The molecule has 4 rings (SSSR count). The Labute approximate surface area is 144 Å². The van der Waals surface area contributed by atoms with Gasteiger partial charge in [-0.3, -0.25) is 0 Å². The van der Waals surface area contributed by atoms with Gasteiger partial charge in [-0.05, 0) is 12.8 Å². The molecule has 0 radical (unpaired) electrons. The largest absolute Gasteiger partial charge is 0.348 e. The number of hydrogen-bond donors (Lipinski definition) is 0. The molecule has 0 spiro atoms. The summed E-state index contributed by atoms with van der Waals surface area (Å²) >= 11 is 1.71. The minimum Gasteiger partial charge on any atom is -0.348 e. The summed E-state index contributed by atoms with van der Waals surface area (Å²) in [5, 5.41) is 5.11. The molecular weight excluding hydrogens is 324 g/mol. The molecule has 0 bridgehead atoms. The van der Waals surface area contributed by atoms with Crippen molar-refractivity contribution in [2.45, 2.75) is 39.2 Å². The van der Waals surface area contributed by atoms with Crippen molar-refractivity contribution in [1.29, 1.82) is 0 Å². The van der Waals surface area contributed by atoms with Gasteiger partial charge in [0.25, 0.3) is 0 Å². The molecule has 1 fully saturated rings. The zero-order valence-corrected chi connectivity index (χ0v) is 14.5. The summed E-state index contributed by atoms with van der Waals surface area (Å²) in [5.41, 5.74) is 0. The van der Waals surface area contributed by atoms with E-state index in [1.807, 2.05) is 25.5 Å². The van der Waals surface area contributed by atoms with Gasteiger partial charge in [0.2, 0.25) is 5.89 Å². The standard InChI is InChI=1S/C16H20N6OS/c1-2-14-19-13(20-23-14)5-9-21-10-6-17-15(21)12-11-18-16(24-12)22-7-3-4-8-22/h6,10-11H,2-5,7-9H2,1H3. The summed E-state index contributed by atoms with van der Waals surface area (Å²) in [5.74, 6) is 2.39. The first-order chi connectivity index (χ1) is 11.8. The number of rotatable bonds is 6. The van der Waals surface area contributed by atoms with Crippen molar-refractivity contribution < 1.29 is 4.52 Å². The highest BCUT2D eigenvalue weighted by Crippen LogP contribution is 2.31. The van der Waals surface area contributed by atoms with Gasteiger partial charge >= 0.3 is 0 Å². The summed E-state index contributed by atoms with van der Waals surface area (Å²) in [6.07, 6.45) is 9.76. The molecule has 0 amide bonds. The predicted molar refractivity (Wildman–Crippen MR) is 92.2 cm³/mol. The molecule has 7 nitrogen and oxygen atoms in total. The molecule has 24 heavy (non-hydrogen) atoms. The van der Waals surface area contributed by atoms with Crippen LogP contribution < -0.4 is 4.90 Å². The zero-order chi connectivity index (χ0) is 16.4. The zero-order valence-electron chi connectivity index (χ0n) is 13.7. The fourth-order valence-corrected chi connectivity index (χ4v) is 3.87. The minimum absolute atomic E-state index is 0.688. The lowest BCUT2D eigenvalue weighted by atomic mass is 10.4. The Kier molecular flexibility index (Phi) is 4.29. The minimum atomic E-state index is 0.688. The van der Waals surface area contributed by atoms with Gasteiger partial charge in [0.05, 0.1) is 11.1 Å². The molecule has 3 aromatic rings. The fourth-order valence-electron chi connectivity index (χ4n) is 2.89. The second-order valence-corrected chi connectivity index (χ2v) is 6.86. The van der Waals surface area contributed by atoms with E-state index in [1.165, 1.54) is 12.8 Å². The molecule has 3 aromatic heterocycles. The lowest BCUT2D eigenvalue weighted by Crippen LogP contribution is -2.16. The molecule has 1 aliphatic heterocycles. The number of thiazole rings is 1. The summed E-state index contributed by atoms with van der Waals surface area (Å²) in [6, 6.07) is 0. The highest BCUT2D eigenvalue weighted by molar-refractivity contribution is 7.18. The van der Waals surface area contributed by atoms with E-state index in [0.717, 1.165) is 54.1 Å². The summed E-state index contributed by atoms with van der Waals surface area (Å²) in [4.78, 5) is 16.9. The molecule has 1 saturated heterocycles. The molecular formula is C16H20N6OS. The topological polar surface area (TPSA) is 72.9 Å². The van der Waals surface area contributed by atoms with Crippen molar-refractivity contribution in [1.82, 2.24) is 24.7 Å². The third kappa shape index (κ3) is 3.06. The monoisotopic (exact) mass is 344 g/mol. The van der Waals surface area contributed by atoms with Crippen LogP contribution >= 0.6 is 11.3 Å². The van der Waals surface area contributed by atoms with E-state index in [2.05, 4.69) is 29.6 Å². The van der Waals surface area contributed by atoms with Crippen LogP contribution in [0.1, 0.15) is 31.5 Å². The van der Waals surface area contributed by atoms with Gasteiger partial charge in [-0.25, -0.2) is 9.97 Å². The van der Waals surface area contributed by atoms with Crippen LogP contribution in [0.4, 0.5) is 5.13 Å². The molecule has 126 valence electrons. The number of aromatic nitrogens is 5. The maximum absolute atomic E-state index is 5.16. The van der Waals surface area contributed by atoms with E-state index in [1.54, 1.807) is 11.3 Å². The van der Waals surface area contributed by atoms with Crippen LogP contribution in [0.25, 0.3) is 10.7 Å². The normalized spacial score (nSPS) is 14.6. The van der Waals surface area contributed by atoms with Crippen LogP contribution in [-0.2, 0) is 19.4 Å². The third-order valence-corrected chi connectivity index (χ3v) is 5.25. The van der Waals surface area contributed by atoms with E-state index in [9.17, 15) is 0 Å². The molecule has 0 unspecified atom stereocenters. The number of anilines is 1. The maximum Gasteiger partial charge on any atom is 0.226 e. The van der Waals surface area contributed by atoms with Gasteiger partial charge in [0, 0.05) is 44.9 Å². The lowest BCUT2D eigenvalue weighted by Gasteiger charge is -2.12. The van der Waals surface area contributed by atoms with Gasteiger partial charge in [-0.2, -0.15) is 4.98 Å². The van der Waals surface area contributed by atoms with Crippen LogP contribution in [-0.4, -0.2) is 37.8 Å². The fraction of sp³-hybridized carbons (Fsp3) is 0.500. The predicted octanol–water partition coefficient (Wildman–Crippen LogP) is 2.79. The Balaban J connectivity index is 1.47. The van der Waals surface area contributed by atoms with Gasteiger partial charge < -0.3 is 14.0 Å². The molecule has 0 aromatic carbocycles. The maximum atomic E-state index is 5.16. The molecule has 8 heteroatoms. The third-order valence-electron chi connectivity index (χ3n) is 4.19. The van der Waals surface area contributed by atoms with Crippen molar-refractivity contribution in [2.75, 3.05) is 18.0 Å². The molecule has 0 aliphatic carbocycles. The Bertz CT molecular complexity index is 801. The summed E-state index contributed by atoms with van der Waals surface area (Å²) in [6.45, 7) is 5.00.